The first-order chi connectivity index (χ1) is 9.61. The van der Waals surface area contributed by atoms with Gasteiger partial charge in [-0.1, -0.05) is 0 Å². The fraction of sp³-hybridized carbons (Fsp3) is 0.364. The molecule has 0 aliphatic heterocycles. The van der Waals surface area contributed by atoms with Crippen molar-refractivity contribution in [2.45, 2.75) is 13.3 Å². The van der Waals surface area contributed by atoms with Crippen LogP contribution in [0.2, 0.25) is 0 Å². The largest absolute Gasteiger partial charge is 0.478 e. The lowest BCUT2D eigenvalue weighted by molar-refractivity contribution is -0.385. The van der Waals surface area contributed by atoms with Crippen LogP contribution in [0.15, 0.2) is 12.1 Å². The lowest BCUT2D eigenvalue weighted by Gasteiger charge is -2.10. The third kappa shape index (κ3) is 5.00. The number of hydrogen-bond acceptors (Lipinski definition) is 6. The predicted octanol–water partition coefficient (Wildman–Crippen LogP) is 0.692. The van der Waals surface area contributed by atoms with E-state index in [0.717, 1.165) is 6.07 Å². The van der Waals surface area contributed by atoms with Crippen LogP contribution in [-0.4, -0.2) is 36.7 Å². The second-order valence-corrected chi connectivity index (χ2v) is 6.11. The minimum atomic E-state index is -3.57. The van der Waals surface area contributed by atoms with Crippen LogP contribution in [0.25, 0.3) is 0 Å². The molecule has 0 radical (unpaired) electrons. The van der Waals surface area contributed by atoms with Crippen molar-refractivity contribution < 1.29 is 23.2 Å². The van der Waals surface area contributed by atoms with E-state index in [9.17, 15) is 23.3 Å². The van der Waals surface area contributed by atoms with Crippen molar-refractivity contribution in [1.82, 2.24) is 0 Å². The van der Waals surface area contributed by atoms with E-state index in [1.807, 2.05) is 0 Å². The molecule has 0 fully saturated rings. The molecule has 9 nitrogen and oxygen atoms in total. The van der Waals surface area contributed by atoms with Gasteiger partial charge >= 0.3 is 5.97 Å². The second-order valence-electron chi connectivity index (χ2n) is 4.38. The van der Waals surface area contributed by atoms with E-state index in [1.165, 1.54) is 13.0 Å². The number of nitrogens with two attached hydrogens (primary N) is 1. The summed E-state index contributed by atoms with van der Waals surface area (Å²) in [5, 5.41) is 27.5. The fourth-order valence-electron chi connectivity index (χ4n) is 1.69. The smallest absolute Gasteiger partial charge is 0.336 e. The van der Waals surface area contributed by atoms with Crippen LogP contribution in [-0.2, 0) is 10.0 Å². The molecule has 0 spiro atoms. The van der Waals surface area contributed by atoms with Crippen molar-refractivity contribution in [1.29, 1.82) is 0 Å². The first-order valence-electron chi connectivity index (χ1n) is 5.88. The molecule has 1 rings (SSSR count). The second kappa shape index (κ2) is 6.50. The molecular weight excluding hydrogens is 302 g/mol. The highest BCUT2D eigenvalue weighted by Gasteiger charge is 2.18. The average molecular weight is 317 g/mol. The molecule has 0 bridgehead atoms. The summed E-state index contributed by atoms with van der Waals surface area (Å²) in [6.45, 7) is 1.67. The van der Waals surface area contributed by atoms with Gasteiger partial charge in [-0.2, -0.15) is 0 Å². The number of nitro groups is 1. The van der Waals surface area contributed by atoms with E-state index in [-0.39, 0.29) is 41.2 Å². The van der Waals surface area contributed by atoms with Gasteiger partial charge in [-0.15, -0.1) is 0 Å². The maximum atomic E-state index is 11.0. The number of carbonyl (C=O) groups is 1. The number of nitrogens with one attached hydrogen (secondary N) is 1. The Labute approximate surface area is 121 Å². The number of primary sulfonamides is 1. The van der Waals surface area contributed by atoms with Gasteiger partial charge in [0.05, 0.1) is 16.2 Å². The molecule has 0 atom stereocenters. The zero-order chi connectivity index (χ0) is 16.2. The fourth-order valence-corrected chi connectivity index (χ4v) is 2.24. The maximum Gasteiger partial charge on any atom is 0.336 e. The summed E-state index contributed by atoms with van der Waals surface area (Å²) < 4.78 is 21.6. The molecular formula is C11H15N3O6S. The van der Waals surface area contributed by atoms with Crippen molar-refractivity contribution in [2.24, 2.45) is 5.14 Å². The summed E-state index contributed by atoms with van der Waals surface area (Å²) in [5.41, 5.74) is 0.0155. The van der Waals surface area contributed by atoms with E-state index in [1.54, 1.807) is 0 Å². The SMILES string of the molecule is Cc1c(NCCCS(N)(=O)=O)cc(C(=O)O)cc1[N+](=O)[O-]. The number of benzene rings is 1. The van der Waals surface area contributed by atoms with Crippen LogP contribution >= 0.6 is 0 Å². The van der Waals surface area contributed by atoms with Crippen LogP contribution in [0.1, 0.15) is 22.3 Å². The molecule has 0 heterocycles. The number of aromatic carboxylic acids is 1. The Morgan fingerprint density at radius 3 is 2.57 bits per heavy atom. The zero-order valence-corrected chi connectivity index (χ0v) is 12.0. The molecule has 0 unspecified atom stereocenters. The van der Waals surface area contributed by atoms with E-state index in [4.69, 9.17) is 10.2 Å². The molecule has 1 aromatic rings. The minimum absolute atomic E-state index is 0.192. The zero-order valence-electron chi connectivity index (χ0n) is 11.2. The Kier molecular flexibility index (Phi) is 5.22. The van der Waals surface area contributed by atoms with E-state index in [2.05, 4.69) is 5.32 Å². The van der Waals surface area contributed by atoms with Gasteiger partial charge in [0.15, 0.2) is 0 Å². The van der Waals surface area contributed by atoms with Crippen molar-refractivity contribution in [3.8, 4) is 0 Å². The monoisotopic (exact) mass is 317 g/mol. The Hall–Kier alpha value is -2.20. The number of hydrogen-bond donors (Lipinski definition) is 3. The molecule has 116 valence electrons. The van der Waals surface area contributed by atoms with Crippen molar-refractivity contribution in [2.75, 3.05) is 17.6 Å². The van der Waals surface area contributed by atoms with E-state index < -0.39 is 20.9 Å². The molecule has 1 aromatic carbocycles. The first kappa shape index (κ1) is 16.9. The molecule has 0 aliphatic carbocycles. The number of nitrogens with zero attached hydrogens (tertiary/aromatic N) is 1. The first-order valence-corrected chi connectivity index (χ1v) is 7.60. The summed E-state index contributed by atoms with van der Waals surface area (Å²) in [5.74, 6) is -1.52. The maximum absolute atomic E-state index is 11.0. The normalized spacial score (nSPS) is 11.1. The van der Waals surface area contributed by atoms with Crippen molar-refractivity contribution >= 4 is 27.4 Å². The summed E-state index contributed by atoms with van der Waals surface area (Å²) >= 11 is 0. The topological polar surface area (TPSA) is 153 Å². The Morgan fingerprint density at radius 1 is 1.48 bits per heavy atom. The molecule has 4 N–H and O–H groups in total. The summed E-state index contributed by atoms with van der Waals surface area (Å²) in [6.07, 6.45) is 0.198. The number of sulfonamides is 1. The van der Waals surface area contributed by atoms with Gasteiger partial charge < -0.3 is 10.4 Å². The van der Waals surface area contributed by atoms with Crippen LogP contribution in [0.3, 0.4) is 0 Å². The van der Waals surface area contributed by atoms with Gasteiger partial charge in [-0.3, -0.25) is 10.1 Å². The minimum Gasteiger partial charge on any atom is -0.478 e. The Morgan fingerprint density at radius 2 is 2.10 bits per heavy atom. The van der Waals surface area contributed by atoms with Crippen LogP contribution < -0.4 is 10.5 Å². The number of nitro benzene ring substituents is 1. The predicted molar refractivity (Wildman–Crippen MR) is 75.9 cm³/mol. The summed E-state index contributed by atoms with van der Waals surface area (Å²) in [7, 11) is -3.57. The van der Waals surface area contributed by atoms with Gasteiger partial charge in [-0.05, 0) is 19.4 Å². The molecule has 0 saturated heterocycles. The lowest BCUT2D eigenvalue weighted by atomic mass is 10.1. The van der Waals surface area contributed by atoms with Gasteiger partial charge in [0.1, 0.15) is 0 Å². The molecule has 0 aromatic heterocycles. The highest BCUT2D eigenvalue weighted by Crippen LogP contribution is 2.27. The third-order valence-electron chi connectivity index (χ3n) is 2.75. The number of carboxylic acids is 1. The standard InChI is InChI=1S/C11H15N3O6S/c1-7-9(13-3-2-4-21(12,19)20)5-8(11(15)16)6-10(7)14(17)18/h5-6,13H,2-4H2,1H3,(H,15,16)(H2,12,19,20). The number of carboxylic acid groups (broad SMARTS) is 1. The molecule has 0 saturated carbocycles. The Bertz CT molecular complexity index is 671. The number of rotatable bonds is 7. The quantitative estimate of drug-likeness (QED) is 0.380. The number of anilines is 1. The van der Waals surface area contributed by atoms with Crippen LogP contribution in [0, 0.1) is 17.0 Å². The Balaban J connectivity index is 2.95. The van der Waals surface area contributed by atoms with Crippen molar-refractivity contribution in [3.05, 3.63) is 33.4 Å². The third-order valence-corrected chi connectivity index (χ3v) is 3.60. The average Bonchev–Trinajstić information content (AvgIpc) is 2.34. The van der Waals surface area contributed by atoms with Gasteiger partial charge in [0.2, 0.25) is 10.0 Å². The van der Waals surface area contributed by atoms with E-state index >= 15 is 0 Å². The summed E-state index contributed by atoms with van der Waals surface area (Å²) in [4.78, 5) is 21.2. The molecule has 0 aliphatic rings. The molecule has 10 heteroatoms. The molecule has 21 heavy (non-hydrogen) atoms. The van der Waals surface area contributed by atoms with Crippen LogP contribution in [0.4, 0.5) is 11.4 Å². The summed E-state index contributed by atoms with van der Waals surface area (Å²) in [6, 6.07) is 2.24. The lowest BCUT2D eigenvalue weighted by Crippen LogP contribution is -2.19. The highest BCUT2D eigenvalue weighted by atomic mass is 32.2. The van der Waals surface area contributed by atoms with Gasteiger partial charge in [-0.25, -0.2) is 18.4 Å². The molecule has 0 amide bonds. The van der Waals surface area contributed by atoms with Crippen LogP contribution in [0.5, 0.6) is 0 Å². The van der Waals surface area contributed by atoms with Crippen molar-refractivity contribution in [3.63, 3.8) is 0 Å². The van der Waals surface area contributed by atoms with Gasteiger partial charge in [0.25, 0.3) is 5.69 Å². The highest BCUT2D eigenvalue weighted by molar-refractivity contribution is 7.89. The van der Waals surface area contributed by atoms with Gasteiger partial charge in [0, 0.05) is 23.9 Å². The van der Waals surface area contributed by atoms with E-state index in [0.29, 0.717) is 0 Å².